The van der Waals surface area contributed by atoms with E-state index in [4.69, 9.17) is 23.2 Å². The van der Waals surface area contributed by atoms with Gasteiger partial charge < -0.3 is 0 Å². The summed E-state index contributed by atoms with van der Waals surface area (Å²) < 4.78 is 1.69. The molecule has 0 bridgehead atoms. The zero-order valence-electron chi connectivity index (χ0n) is 14.5. The molecule has 27 heavy (non-hydrogen) atoms. The van der Waals surface area contributed by atoms with E-state index < -0.39 is 0 Å². The van der Waals surface area contributed by atoms with Gasteiger partial charge in [-0.2, -0.15) is 0 Å². The average molecular weight is 396 g/mol. The number of para-hydroxylation sites is 1. The van der Waals surface area contributed by atoms with Gasteiger partial charge in [0.15, 0.2) is 0 Å². The molecule has 0 fully saturated rings. The summed E-state index contributed by atoms with van der Waals surface area (Å²) in [6, 6.07) is 15.1. The van der Waals surface area contributed by atoms with Gasteiger partial charge in [-0.05, 0) is 35.7 Å². The summed E-state index contributed by atoms with van der Waals surface area (Å²) in [5.74, 6) is 0. The van der Waals surface area contributed by atoms with Crippen LogP contribution < -0.4 is 5.56 Å². The Kier molecular flexibility index (Phi) is 4.68. The van der Waals surface area contributed by atoms with Crippen LogP contribution in [-0.4, -0.2) is 14.5 Å². The molecule has 4 aromatic rings. The molecule has 4 nitrogen and oxygen atoms in total. The molecule has 0 radical (unpaired) electrons. The second kappa shape index (κ2) is 7.14. The van der Waals surface area contributed by atoms with Gasteiger partial charge in [0, 0.05) is 34.7 Å². The maximum absolute atomic E-state index is 13.6. The minimum Gasteiger partial charge on any atom is -0.279 e. The number of pyridine rings is 1. The van der Waals surface area contributed by atoms with Crippen molar-refractivity contribution in [1.82, 2.24) is 14.5 Å². The predicted octanol–water partition coefficient (Wildman–Crippen LogP) is 5.32. The Morgan fingerprint density at radius 3 is 2.33 bits per heavy atom. The van der Waals surface area contributed by atoms with Crippen molar-refractivity contribution in [3.05, 3.63) is 87.3 Å². The predicted molar refractivity (Wildman–Crippen MR) is 110 cm³/mol. The molecule has 2 heterocycles. The molecule has 0 amide bonds. The first-order valence-corrected chi connectivity index (χ1v) is 9.27. The monoisotopic (exact) mass is 395 g/mol. The van der Waals surface area contributed by atoms with E-state index in [1.54, 1.807) is 17.0 Å². The van der Waals surface area contributed by atoms with Crippen LogP contribution in [0.2, 0.25) is 10.3 Å². The van der Waals surface area contributed by atoms with E-state index >= 15 is 0 Å². The van der Waals surface area contributed by atoms with Crippen molar-refractivity contribution < 1.29 is 0 Å². The third-order valence-electron chi connectivity index (χ3n) is 4.52. The van der Waals surface area contributed by atoms with E-state index in [9.17, 15) is 4.79 Å². The number of nitrogens with zero attached hydrogens (tertiary/aromatic N) is 3. The first kappa shape index (κ1) is 17.7. The third-order valence-corrected chi connectivity index (χ3v) is 5.14. The van der Waals surface area contributed by atoms with Gasteiger partial charge in [-0.15, -0.1) is 0 Å². The molecule has 2 aromatic heterocycles. The van der Waals surface area contributed by atoms with E-state index in [1.165, 1.54) is 0 Å². The van der Waals surface area contributed by atoms with Gasteiger partial charge >= 0.3 is 0 Å². The molecular formula is C21H15Cl2N3O. The van der Waals surface area contributed by atoms with E-state index in [0.29, 0.717) is 22.4 Å². The van der Waals surface area contributed by atoms with Crippen molar-refractivity contribution in [3.63, 3.8) is 0 Å². The highest BCUT2D eigenvalue weighted by Gasteiger charge is 2.18. The Morgan fingerprint density at radius 2 is 1.67 bits per heavy atom. The first-order chi connectivity index (χ1) is 13.1. The molecule has 0 aliphatic heterocycles. The van der Waals surface area contributed by atoms with Crippen molar-refractivity contribution in [2.75, 3.05) is 0 Å². The number of benzene rings is 2. The van der Waals surface area contributed by atoms with Gasteiger partial charge in [0.1, 0.15) is 0 Å². The molecule has 6 heteroatoms. The quantitative estimate of drug-likeness (QED) is 0.441. The molecule has 0 saturated carbocycles. The van der Waals surface area contributed by atoms with E-state index in [-0.39, 0.29) is 10.8 Å². The van der Waals surface area contributed by atoms with Gasteiger partial charge in [-0.3, -0.25) is 9.36 Å². The van der Waals surface area contributed by atoms with Crippen LogP contribution in [0.4, 0.5) is 0 Å². The summed E-state index contributed by atoms with van der Waals surface area (Å²) >= 11 is 12.6. The number of rotatable bonds is 3. The maximum Gasteiger partial charge on any atom is 0.263 e. The minimum absolute atomic E-state index is 0.122. The number of hydrogen-bond acceptors (Lipinski definition) is 3. The fourth-order valence-electron chi connectivity index (χ4n) is 3.31. The van der Waals surface area contributed by atoms with Crippen LogP contribution in [0.15, 0.2) is 65.7 Å². The average Bonchev–Trinajstić information content (AvgIpc) is 2.71. The lowest BCUT2D eigenvalue weighted by Crippen LogP contribution is -2.23. The zero-order valence-corrected chi connectivity index (χ0v) is 16.0. The van der Waals surface area contributed by atoms with Gasteiger partial charge in [0.25, 0.3) is 5.56 Å². The van der Waals surface area contributed by atoms with Crippen molar-refractivity contribution >= 4 is 34.0 Å². The third kappa shape index (κ3) is 3.01. The highest BCUT2D eigenvalue weighted by molar-refractivity contribution is 6.36. The van der Waals surface area contributed by atoms with E-state index in [1.807, 2.05) is 55.5 Å². The number of fused-ring (bicyclic) bond motifs is 1. The zero-order chi connectivity index (χ0) is 19.0. The summed E-state index contributed by atoms with van der Waals surface area (Å²) in [5.41, 5.74) is 2.88. The van der Waals surface area contributed by atoms with Crippen LogP contribution in [0.25, 0.3) is 27.6 Å². The fourth-order valence-corrected chi connectivity index (χ4v) is 3.78. The standard InChI is InChI=1S/C21H15Cl2N3O/c1-2-17-19(22)16-10-6-9-15(13-11-24-21(23)25-12-13)18(16)20(27)26(17)14-7-4-3-5-8-14/h3-12H,2H2,1H3. The molecular weight excluding hydrogens is 381 g/mol. The molecule has 0 unspecified atom stereocenters. The maximum atomic E-state index is 13.6. The smallest absolute Gasteiger partial charge is 0.263 e. The summed E-state index contributed by atoms with van der Waals surface area (Å²) in [5, 5.41) is 1.99. The Morgan fingerprint density at radius 1 is 0.963 bits per heavy atom. The van der Waals surface area contributed by atoms with Gasteiger partial charge in [0.05, 0.1) is 10.4 Å². The second-order valence-corrected chi connectivity index (χ2v) is 6.78. The number of hydrogen-bond donors (Lipinski definition) is 0. The number of halogens is 2. The normalized spacial score (nSPS) is 11.1. The molecule has 0 atom stereocenters. The first-order valence-electron chi connectivity index (χ1n) is 8.51. The Labute approximate surface area is 166 Å². The molecule has 0 N–H and O–H groups in total. The molecule has 134 valence electrons. The minimum atomic E-state index is -0.122. The molecule has 0 aliphatic carbocycles. The highest BCUT2D eigenvalue weighted by atomic mass is 35.5. The van der Waals surface area contributed by atoms with Crippen LogP contribution in [0.1, 0.15) is 12.6 Å². The Bertz CT molecular complexity index is 1190. The van der Waals surface area contributed by atoms with Gasteiger partial charge in [0.2, 0.25) is 5.28 Å². The molecule has 0 spiro atoms. The Balaban J connectivity index is 2.14. The van der Waals surface area contributed by atoms with Gasteiger partial charge in [-0.1, -0.05) is 54.9 Å². The summed E-state index contributed by atoms with van der Waals surface area (Å²) in [6.45, 7) is 1.99. The lowest BCUT2D eigenvalue weighted by atomic mass is 10.00. The van der Waals surface area contributed by atoms with Crippen molar-refractivity contribution in [2.24, 2.45) is 0 Å². The molecule has 0 saturated heterocycles. The molecule has 4 rings (SSSR count). The lowest BCUT2D eigenvalue weighted by Gasteiger charge is -2.17. The van der Waals surface area contributed by atoms with Crippen molar-refractivity contribution in [2.45, 2.75) is 13.3 Å². The largest absolute Gasteiger partial charge is 0.279 e. The van der Waals surface area contributed by atoms with Crippen molar-refractivity contribution in [1.29, 1.82) is 0 Å². The lowest BCUT2D eigenvalue weighted by molar-refractivity contribution is 0.889. The van der Waals surface area contributed by atoms with Crippen LogP contribution in [-0.2, 0) is 6.42 Å². The molecule has 0 aliphatic rings. The van der Waals surface area contributed by atoms with Crippen LogP contribution in [0.3, 0.4) is 0 Å². The Hall–Kier alpha value is -2.69. The van der Waals surface area contributed by atoms with Crippen LogP contribution >= 0.6 is 23.2 Å². The summed E-state index contributed by atoms with van der Waals surface area (Å²) in [4.78, 5) is 21.6. The second-order valence-electron chi connectivity index (χ2n) is 6.06. The van der Waals surface area contributed by atoms with Gasteiger partial charge in [-0.25, -0.2) is 9.97 Å². The highest BCUT2D eigenvalue weighted by Crippen LogP contribution is 2.33. The van der Waals surface area contributed by atoms with Crippen molar-refractivity contribution in [3.8, 4) is 16.8 Å². The molecule has 2 aromatic carbocycles. The fraction of sp³-hybridized carbons (Fsp3) is 0.0952. The topological polar surface area (TPSA) is 47.8 Å². The van der Waals surface area contributed by atoms with Crippen LogP contribution in [0.5, 0.6) is 0 Å². The number of aromatic nitrogens is 3. The van der Waals surface area contributed by atoms with E-state index in [2.05, 4.69) is 9.97 Å². The summed E-state index contributed by atoms with van der Waals surface area (Å²) in [7, 11) is 0. The SMILES string of the molecule is CCc1c(Cl)c2cccc(-c3cnc(Cl)nc3)c2c(=O)n1-c1ccccc1. The van der Waals surface area contributed by atoms with E-state index in [0.717, 1.165) is 22.3 Å². The summed E-state index contributed by atoms with van der Waals surface area (Å²) in [6.07, 6.45) is 3.85. The van der Waals surface area contributed by atoms with Crippen LogP contribution in [0, 0.1) is 0 Å².